The van der Waals surface area contributed by atoms with Gasteiger partial charge in [-0.25, -0.2) is 12.9 Å². The molecule has 1 aliphatic heterocycles. The minimum Gasteiger partial charge on any atom is -0.360 e. The Morgan fingerprint density at radius 3 is 2.87 bits per heavy atom. The Hall–Kier alpha value is -1.98. The van der Waals surface area contributed by atoms with Crippen molar-refractivity contribution < 1.29 is 8.60 Å². The lowest BCUT2D eigenvalue weighted by molar-refractivity contribution is 0.397. The van der Waals surface area contributed by atoms with Gasteiger partial charge in [0.1, 0.15) is 16.8 Å². The zero-order valence-corrected chi connectivity index (χ0v) is 13.8. The molecule has 4 rings (SSSR count). The van der Waals surface area contributed by atoms with Crippen LogP contribution in [0.4, 0.5) is 4.39 Å². The van der Waals surface area contributed by atoms with Crippen LogP contribution in [0.25, 0.3) is 22.0 Å². The van der Waals surface area contributed by atoms with Crippen LogP contribution >= 0.6 is 0 Å². The second kappa shape index (κ2) is 5.28. The second-order valence-electron chi connectivity index (χ2n) is 5.80. The molecule has 0 saturated carbocycles. The predicted octanol–water partition coefficient (Wildman–Crippen LogP) is 4.39. The van der Waals surface area contributed by atoms with E-state index in [-0.39, 0.29) is 11.9 Å². The molecular formula is C18H17FN2OS. The van der Waals surface area contributed by atoms with E-state index in [0.717, 1.165) is 39.0 Å². The topological polar surface area (TPSA) is 36.1 Å². The van der Waals surface area contributed by atoms with Gasteiger partial charge in [0.15, 0.2) is 0 Å². The average molecular weight is 328 g/mol. The molecule has 0 fully saturated rings. The zero-order valence-electron chi connectivity index (χ0n) is 13.0. The summed E-state index contributed by atoms with van der Waals surface area (Å²) in [4.78, 5) is 4.02. The van der Waals surface area contributed by atoms with Crippen molar-refractivity contribution in [2.75, 3.05) is 6.54 Å². The molecule has 2 atom stereocenters. The lowest BCUT2D eigenvalue weighted by atomic mass is 9.99. The third-order valence-electron chi connectivity index (χ3n) is 4.56. The SMILES string of the molecule is CCN1C(C)c2cc(-c3c[nH]c4cc(F)ccc34)ccc2S1=O. The van der Waals surface area contributed by atoms with E-state index in [9.17, 15) is 8.60 Å². The van der Waals surface area contributed by atoms with Crippen LogP contribution in [0, 0.1) is 5.82 Å². The zero-order chi connectivity index (χ0) is 16.1. The highest BCUT2D eigenvalue weighted by Crippen LogP contribution is 2.39. The molecule has 1 aromatic heterocycles. The first kappa shape index (κ1) is 14.6. The van der Waals surface area contributed by atoms with Crippen molar-refractivity contribution in [3.8, 4) is 11.1 Å². The van der Waals surface area contributed by atoms with E-state index in [1.807, 2.05) is 29.6 Å². The van der Waals surface area contributed by atoms with Crippen molar-refractivity contribution in [2.45, 2.75) is 24.8 Å². The Morgan fingerprint density at radius 2 is 2.09 bits per heavy atom. The summed E-state index contributed by atoms with van der Waals surface area (Å²) in [5.41, 5.74) is 3.99. The number of nitrogens with zero attached hydrogens (tertiary/aromatic N) is 1. The maximum atomic E-state index is 13.3. The number of halogens is 1. The number of hydrogen-bond donors (Lipinski definition) is 1. The Balaban J connectivity index is 1.85. The lowest BCUT2D eigenvalue weighted by Crippen LogP contribution is -2.21. The van der Waals surface area contributed by atoms with Crippen molar-refractivity contribution in [1.29, 1.82) is 0 Å². The molecule has 1 aliphatic rings. The van der Waals surface area contributed by atoms with Gasteiger partial charge < -0.3 is 4.98 Å². The van der Waals surface area contributed by atoms with Crippen molar-refractivity contribution in [3.05, 3.63) is 54.0 Å². The van der Waals surface area contributed by atoms with Gasteiger partial charge in [0.2, 0.25) is 0 Å². The van der Waals surface area contributed by atoms with Crippen molar-refractivity contribution in [2.24, 2.45) is 0 Å². The highest BCUT2D eigenvalue weighted by molar-refractivity contribution is 7.83. The van der Waals surface area contributed by atoms with E-state index < -0.39 is 11.0 Å². The van der Waals surface area contributed by atoms with Gasteiger partial charge >= 0.3 is 0 Å². The van der Waals surface area contributed by atoms with Gasteiger partial charge in [0.05, 0.1) is 4.90 Å². The molecule has 3 nitrogen and oxygen atoms in total. The van der Waals surface area contributed by atoms with Crippen LogP contribution in [0.3, 0.4) is 0 Å². The minimum absolute atomic E-state index is 0.137. The van der Waals surface area contributed by atoms with Crippen molar-refractivity contribution >= 4 is 21.9 Å². The molecule has 0 bridgehead atoms. The number of rotatable bonds is 2. The van der Waals surface area contributed by atoms with E-state index in [2.05, 4.69) is 18.0 Å². The summed E-state index contributed by atoms with van der Waals surface area (Å²) in [6.07, 6.45) is 1.90. The summed E-state index contributed by atoms with van der Waals surface area (Å²) in [6, 6.07) is 11.0. The van der Waals surface area contributed by atoms with Crippen molar-refractivity contribution in [1.82, 2.24) is 9.29 Å². The largest absolute Gasteiger partial charge is 0.360 e. The van der Waals surface area contributed by atoms with Gasteiger partial charge in [-0.3, -0.25) is 0 Å². The fourth-order valence-corrected chi connectivity index (χ4v) is 4.86. The molecular weight excluding hydrogens is 311 g/mol. The predicted molar refractivity (Wildman–Crippen MR) is 90.9 cm³/mol. The van der Waals surface area contributed by atoms with Gasteiger partial charge in [-0.1, -0.05) is 13.0 Å². The van der Waals surface area contributed by atoms with Gasteiger partial charge in [-0.2, -0.15) is 0 Å². The summed E-state index contributed by atoms with van der Waals surface area (Å²) >= 11 is 0. The number of benzene rings is 2. The maximum Gasteiger partial charge on any atom is 0.128 e. The Labute approximate surface area is 136 Å². The van der Waals surface area contributed by atoms with Crippen LogP contribution in [0.15, 0.2) is 47.5 Å². The highest BCUT2D eigenvalue weighted by Gasteiger charge is 2.32. The molecule has 118 valence electrons. The van der Waals surface area contributed by atoms with E-state index in [4.69, 9.17) is 0 Å². The molecule has 0 radical (unpaired) electrons. The molecule has 3 aromatic rings. The molecule has 2 heterocycles. The van der Waals surface area contributed by atoms with E-state index in [0.29, 0.717) is 0 Å². The second-order valence-corrected chi connectivity index (χ2v) is 7.21. The monoisotopic (exact) mass is 328 g/mol. The van der Waals surface area contributed by atoms with Crippen LogP contribution in [-0.2, 0) is 11.0 Å². The first-order valence-electron chi connectivity index (χ1n) is 7.69. The van der Waals surface area contributed by atoms with Crippen LogP contribution in [0.1, 0.15) is 25.5 Å². The third-order valence-corrected chi connectivity index (χ3v) is 6.31. The number of nitrogens with one attached hydrogen (secondary N) is 1. The van der Waals surface area contributed by atoms with Gasteiger partial charge in [0, 0.05) is 35.2 Å². The van der Waals surface area contributed by atoms with Crippen LogP contribution < -0.4 is 0 Å². The maximum absolute atomic E-state index is 13.3. The van der Waals surface area contributed by atoms with E-state index in [1.165, 1.54) is 12.1 Å². The number of hydrogen-bond acceptors (Lipinski definition) is 1. The molecule has 0 saturated heterocycles. The summed E-state index contributed by atoms with van der Waals surface area (Å²) < 4.78 is 27.8. The fourth-order valence-electron chi connectivity index (χ4n) is 3.35. The Morgan fingerprint density at radius 1 is 1.26 bits per heavy atom. The van der Waals surface area contributed by atoms with E-state index in [1.54, 1.807) is 6.07 Å². The van der Waals surface area contributed by atoms with Crippen LogP contribution in [0.2, 0.25) is 0 Å². The van der Waals surface area contributed by atoms with Crippen LogP contribution in [0.5, 0.6) is 0 Å². The summed E-state index contributed by atoms with van der Waals surface area (Å²) in [5, 5.41) is 0.991. The third kappa shape index (κ3) is 2.15. The summed E-state index contributed by atoms with van der Waals surface area (Å²) in [6.45, 7) is 4.86. The number of aromatic amines is 1. The smallest absolute Gasteiger partial charge is 0.128 e. The van der Waals surface area contributed by atoms with Crippen molar-refractivity contribution in [3.63, 3.8) is 0 Å². The lowest BCUT2D eigenvalue weighted by Gasteiger charge is -2.16. The van der Waals surface area contributed by atoms with Gasteiger partial charge in [-0.05, 0) is 48.4 Å². The quantitative estimate of drug-likeness (QED) is 0.744. The summed E-state index contributed by atoms with van der Waals surface area (Å²) in [7, 11) is -1.08. The molecule has 2 unspecified atom stereocenters. The normalized spacial score (nSPS) is 21.0. The molecule has 1 N–H and O–H groups in total. The molecule has 0 aliphatic carbocycles. The fraction of sp³-hybridized carbons (Fsp3) is 0.222. The van der Waals surface area contributed by atoms with Gasteiger partial charge in [0.25, 0.3) is 0 Å². The first-order valence-corrected chi connectivity index (χ1v) is 8.80. The number of H-pyrrole nitrogens is 1. The highest BCUT2D eigenvalue weighted by atomic mass is 32.2. The Kier molecular flexibility index (Phi) is 3.36. The minimum atomic E-state index is -1.08. The molecule has 2 aromatic carbocycles. The molecule has 23 heavy (non-hydrogen) atoms. The van der Waals surface area contributed by atoms with Gasteiger partial charge in [-0.15, -0.1) is 0 Å². The standard InChI is InChI=1S/C18H17FN2OS/c1-3-21-11(2)15-8-12(4-7-18(15)23(21)22)16-10-20-17-9-13(19)5-6-14(16)17/h4-11,20H,3H2,1-2H3. The van der Waals surface area contributed by atoms with E-state index >= 15 is 0 Å². The van der Waals surface area contributed by atoms with Crippen LogP contribution in [-0.4, -0.2) is 20.0 Å². The average Bonchev–Trinajstić information content (AvgIpc) is 3.06. The molecule has 0 spiro atoms. The number of aromatic nitrogens is 1. The summed E-state index contributed by atoms with van der Waals surface area (Å²) in [5.74, 6) is -0.248. The Bertz CT molecular complexity index is 934. The first-order chi connectivity index (χ1) is 11.1. The molecule has 0 amide bonds. The molecule has 5 heteroatoms. The number of fused-ring (bicyclic) bond motifs is 2.